The molecule has 4 atom stereocenters. The van der Waals surface area contributed by atoms with Crippen molar-refractivity contribution in [2.75, 3.05) is 0 Å². The number of thiol groups is 2. The number of fused-ring (bicyclic) bond motifs is 2. The molecule has 2 bridgehead atoms. The molecule has 0 aromatic carbocycles. The van der Waals surface area contributed by atoms with E-state index < -0.39 is 0 Å². The van der Waals surface area contributed by atoms with Gasteiger partial charge in [0.25, 0.3) is 0 Å². The molecule has 2 saturated carbocycles. The molecule has 0 aliphatic heterocycles. The smallest absolute Gasteiger partial charge is 0.00486 e. The maximum absolute atomic E-state index is 4.50. The predicted molar refractivity (Wildman–Crippen MR) is 46.4 cm³/mol. The van der Waals surface area contributed by atoms with E-state index >= 15 is 0 Å². The zero-order chi connectivity index (χ0) is 6.43. The average Bonchev–Trinajstić information content (AvgIpc) is 2.24. The summed E-state index contributed by atoms with van der Waals surface area (Å²) in [4.78, 5) is 0. The van der Waals surface area contributed by atoms with Crippen molar-refractivity contribution in [2.24, 2.45) is 11.8 Å². The molecule has 2 rings (SSSR count). The minimum absolute atomic E-state index is 0.707. The van der Waals surface area contributed by atoms with Gasteiger partial charge in [-0.05, 0) is 31.1 Å². The minimum Gasteiger partial charge on any atom is -0.176 e. The van der Waals surface area contributed by atoms with Crippen LogP contribution >= 0.6 is 25.3 Å². The van der Waals surface area contributed by atoms with Gasteiger partial charge in [0.05, 0.1) is 0 Å². The first-order valence-corrected chi connectivity index (χ1v) is 4.67. The molecule has 2 aliphatic carbocycles. The molecule has 9 heavy (non-hydrogen) atoms. The molecule has 0 N–H and O–H groups in total. The Morgan fingerprint density at radius 1 is 0.778 bits per heavy atom. The van der Waals surface area contributed by atoms with Crippen molar-refractivity contribution in [2.45, 2.75) is 29.8 Å². The lowest BCUT2D eigenvalue weighted by Gasteiger charge is -2.20. The lowest BCUT2D eigenvalue weighted by molar-refractivity contribution is 0.508. The van der Waals surface area contributed by atoms with E-state index in [4.69, 9.17) is 0 Å². The van der Waals surface area contributed by atoms with Gasteiger partial charge in [0.1, 0.15) is 0 Å². The Hall–Kier alpha value is 0.700. The summed E-state index contributed by atoms with van der Waals surface area (Å²) < 4.78 is 0. The van der Waals surface area contributed by atoms with Crippen LogP contribution < -0.4 is 0 Å². The Kier molecular flexibility index (Phi) is 1.49. The molecule has 0 radical (unpaired) electrons. The second kappa shape index (κ2) is 2.09. The van der Waals surface area contributed by atoms with Crippen molar-refractivity contribution in [3.05, 3.63) is 0 Å². The number of hydrogen-bond donors (Lipinski definition) is 2. The molecule has 0 saturated heterocycles. The van der Waals surface area contributed by atoms with Crippen molar-refractivity contribution in [1.29, 1.82) is 0 Å². The second-order valence-corrected chi connectivity index (χ2v) is 4.69. The van der Waals surface area contributed by atoms with E-state index in [1.54, 1.807) is 0 Å². The Labute approximate surface area is 67.2 Å². The van der Waals surface area contributed by atoms with Gasteiger partial charge in [-0.1, -0.05) is 0 Å². The van der Waals surface area contributed by atoms with Gasteiger partial charge in [0, 0.05) is 10.5 Å². The van der Waals surface area contributed by atoms with Crippen LogP contribution in [0.3, 0.4) is 0 Å². The summed E-state index contributed by atoms with van der Waals surface area (Å²) in [5.74, 6) is 1.81. The van der Waals surface area contributed by atoms with Crippen LogP contribution in [0.25, 0.3) is 0 Å². The summed E-state index contributed by atoms with van der Waals surface area (Å²) in [6, 6.07) is 0. The summed E-state index contributed by atoms with van der Waals surface area (Å²) in [5, 5.41) is 1.41. The first kappa shape index (κ1) is 6.41. The lowest BCUT2D eigenvalue weighted by Crippen LogP contribution is -2.17. The predicted octanol–water partition coefficient (Wildman–Crippen LogP) is 2.01. The third kappa shape index (κ3) is 0.911. The van der Waals surface area contributed by atoms with E-state index in [1.807, 2.05) is 0 Å². The molecule has 0 heterocycles. The molecular formula is C7H12S2. The van der Waals surface area contributed by atoms with Crippen LogP contribution in [0.4, 0.5) is 0 Å². The molecule has 0 aromatic rings. The number of rotatable bonds is 0. The highest BCUT2D eigenvalue weighted by Crippen LogP contribution is 2.48. The van der Waals surface area contributed by atoms with Crippen molar-refractivity contribution in [3.63, 3.8) is 0 Å². The van der Waals surface area contributed by atoms with Crippen LogP contribution in [0, 0.1) is 11.8 Å². The van der Waals surface area contributed by atoms with E-state index in [0.717, 1.165) is 11.8 Å². The SMILES string of the molecule is S[C@H]1C[C@@H]2C[C@@H]1C[C@@H]2S. The summed E-state index contributed by atoms with van der Waals surface area (Å²) in [6.45, 7) is 0. The Morgan fingerprint density at radius 3 is 1.44 bits per heavy atom. The van der Waals surface area contributed by atoms with E-state index in [0.29, 0.717) is 10.5 Å². The summed E-state index contributed by atoms with van der Waals surface area (Å²) in [5.41, 5.74) is 0. The van der Waals surface area contributed by atoms with Gasteiger partial charge < -0.3 is 0 Å². The second-order valence-electron chi connectivity index (χ2n) is 3.36. The van der Waals surface area contributed by atoms with Gasteiger partial charge in [0.15, 0.2) is 0 Å². The summed E-state index contributed by atoms with van der Waals surface area (Å²) in [6.07, 6.45) is 4.05. The number of hydrogen-bond acceptors (Lipinski definition) is 2. The van der Waals surface area contributed by atoms with Gasteiger partial charge in [-0.15, -0.1) is 0 Å². The van der Waals surface area contributed by atoms with E-state index in [-0.39, 0.29) is 0 Å². The Bertz CT molecular complexity index is 106. The van der Waals surface area contributed by atoms with E-state index in [9.17, 15) is 0 Å². The van der Waals surface area contributed by atoms with Crippen LogP contribution in [0.15, 0.2) is 0 Å². The summed E-state index contributed by atoms with van der Waals surface area (Å²) in [7, 11) is 0. The van der Waals surface area contributed by atoms with Crippen LogP contribution in [0.5, 0.6) is 0 Å². The zero-order valence-electron chi connectivity index (χ0n) is 5.33. The monoisotopic (exact) mass is 160 g/mol. The fourth-order valence-corrected chi connectivity index (χ4v) is 3.24. The topological polar surface area (TPSA) is 0 Å². The highest BCUT2D eigenvalue weighted by Gasteiger charge is 2.42. The van der Waals surface area contributed by atoms with E-state index in [2.05, 4.69) is 25.3 Å². The molecule has 0 nitrogen and oxygen atoms in total. The lowest BCUT2D eigenvalue weighted by atomic mass is 10.00. The van der Waals surface area contributed by atoms with Gasteiger partial charge in [-0.3, -0.25) is 0 Å². The van der Waals surface area contributed by atoms with Gasteiger partial charge in [-0.25, -0.2) is 0 Å². The zero-order valence-corrected chi connectivity index (χ0v) is 7.11. The third-order valence-electron chi connectivity index (χ3n) is 2.78. The summed E-state index contributed by atoms with van der Waals surface area (Å²) >= 11 is 9.01. The fourth-order valence-electron chi connectivity index (χ4n) is 2.21. The molecule has 0 spiro atoms. The van der Waals surface area contributed by atoms with Crippen LogP contribution in [0.2, 0.25) is 0 Å². The first-order chi connectivity index (χ1) is 4.27. The highest BCUT2D eigenvalue weighted by molar-refractivity contribution is 7.81. The molecule has 2 fully saturated rings. The van der Waals surface area contributed by atoms with Crippen LogP contribution in [-0.4, -0.2) is 10.5 Å². The molecule has 2 heteroatoms. The van der Waals surface area contributed by atoms with Gasteiger partial charge in [0.2, 0.25) is 0 Å². The molecule has 52 valence electrons. The maximum Gasteiger partial charge on any atom is 0.00486 e. The molecule has 0 aromatic heterocycles. The largest absolute Gasteiger partial charge is 0.176 e. The minimum atomic E-state index is 0.707. The van der Waals surface area contributed by atoms with Crippen molar-refractivity contribution in [3.8, 4) is 0 Å². The van der Waals surface area contributed by atoms with E-state index in [1.165, 1.54) is 19.3 Å². The van der Waals surface area contributed by atoms with Gasteiger partial charge >= 0.3 is 0 Å². The molecule has 0 amide bonds. The third-order valence-corrected chi connectivity index (χ3v) is 4.05. The maximum atomic E-state index is 4.50. The molecule has 2 aliphatic rings. The normalized spacial score (nSPS) is 56.7. The quantitative estimate of drug-likeness (QED) is 0.498. The van der Waals surface area contributed by atoms with Crippen molar-refractivity contribution >= 4 is 25.3 Å². The molecule has 0 unspecified atom stereocenters. The standard InChI is InChI=1S/C7H12S2/c8-6-2-4-1-5(6)3-7(4)9/h4-9H,1-3H2/t4-,5+,6-,7-/m0/s1. The first-order valence-electron chi connectivity index (χ1n) is 3.63. The average molecular weight is 160 g/mol. The Balaban J connectivity index is 2.10. The van der Waals surface area contributed by atoms with Crippen molar-refractivity contribution < 1.29 is 0 Å². The molecular weight excluding hydrogens is 148 g/mol. The van der Waals surface area contributed by atoms with Gasteiger partial charge in [-0.2, -0.15) is 25.3 Å². The van der Waals surface area contributed by atoms with Crippen molar-refractivity contribution in [1.82, 2.24) is 0 Å². The van der Waals surface area contributed by atoms with Crippen LogP contribution in [-0.2, 0) is 0 Å². The fraction of sp³-hybridized carbons (Fsp3) is 1.00. The van der Waals surface area contributed by atoms with Crippen LogP contribution in [0.1, 0.15) is 19.3 Å². The Morgan fingerprint density at radius 2 is 1.22 bits per heavy atom. The highest BCUT2D eigenvalue weighted by atomic mass is 32.1.